The number of carbonyl (C=O) groups excluding carboxylic acids is 1. The van der Waals surface area contributed by atoms with Gasteiger partial charge in [0.05, 0.1) is 17.2 Å². The molecule has 0 aliphatic carbocycles. The van der Waals surface area contributed by atoms with Crippen molar-refractivity contribution in [3.05, 3.63) is 64.7 Å². The number of hydrogen-bond donors (Lipinski definition) is 2. The van der Waals surface area contributed by atoms with Crippen molar-refractivity contribution in [2.45, 2.75) is 31.6 Å². The SMILES string of the molecule is Cc1ccc(-c2ccc3c(=O)n(CCC(C)(C(=O)NO)S(C)(=O)=O)cnc3c2)cc1. The van der Waals surface area contributed by atoms with E-state index in [4.69, 9.17) is 5.21 Å². The fourth-order valence-corrected chi connectivity index (χ4v) is 4.01. The molecule has 3 aromatic rings. The van der Waals surface area contributed by atoms with Crippen LogP contribution >= 0.6 is 0 Å². The fourth-order valence-electron chi connectivity index (χ4n) is 3.16. The van der Waals surface area contributed by atoms with Gasteiger partial charge in [0.2, 0.25) is 0 Å². The van der Waals surface area contributed by atoms with Gasteiger partial charge in [-0.25, -0.2) is 18.9 Å². The number of nitrogens with zero attached hydrogens (tertiary/aromatic N) is 2. The molecule has 0 radical (unpaired) electrons. The molecule has 0 spiro atoms. The maximum Gasteiger partial charge on any atom is 0.264 e. The van der Waals surface area contributed by atoms with Crippen LogP contribution in [0.2, 0.25) is 0 Å². The predicted octanol–water partition coefficient (Wildman–Crippen LogP) is 2.07. The van der Waals surface area contributed by atoms with Crippen LogP contribution in [0.3, 0.4) is 0 Å². The second kappa shape index (κ2) is 8.00. The lowest BCUT2D eigenvalue weighted by atomic mass is 10.0. The summed E-state index contributed by atoms with van der Waals surface area (Å²) in [6.45, 7) is 3.16. The highest BCUT2D eigenvalue weighted by Crippen LogP contribution is 2.24. The number of hydroxylamine groups is 1. The third kappa shape index (κ3) is 3.99. The molecule has 1 atom stereocenters. The number of fused-ring (bicyclic) bond motifs is 1. The van der Waals surface area contributed by atoms with Crippen LogP contribution in [0.1, 0.15) is 18.9 Å². The first-order valence-electron chi connectivity index (χ1n) is 9.27. The maximum absolute atomic E-state index is 12.9. The molecule has 3 rings (SSSR count). The van der Waals surface area contributed by atoms with Gasteiger partial charge in [-0.1, -0.05) is 35.9 Å². The van der Waals surface area contributed by atoms with Crippen molar-refractivity contribution < 1.29 is 18.4 Å². The molecule has 30 heavy (non-hydrogen) atoms. The van der Waals surface area contributed by atoms with E-state index in [1.54, 1.807) is 6.07 Å². The Bertz CT molecular complexity index is 1270. The Morgan fingerprint density at radius 1 is 1.17 bits per heavy atom. The van der Waals surface area contributed by atoms with E-state index in [2.05, 4.69) is 4.98 Å². The minimum Gasteiger partial charge on any atom is -0.299 e. The molecule has 158 valence electrons. The van der Waals surface area contributed by atoms with E-state index in [0.29, 0.717) is 10.9 Å². The monoisotopic (exact) mass is 429 g/mol. The lowest BCUT2D eigenvalue weighted by Crippen LogP contribution is -2.50. The van der Waals surface area contributed by atoms with Crippen LogP contribution in [0.5, 0.6) is 0 Å². The minimum absolute atomic E-state index is 0.0571. The first kappa shape index (κ1) is 21.7. The number of benzene rings is 2. The molecule has 0 bridgehead atoms. The van der Waals surface area contributed by atoms with Crippen LogP contribution in [-0.4, -0.2) is 40.1 Å². The zero-order chi connectivity index (χ0) is 22.1. The van der Waals surface area contributed by atoms with Crippen molar-refractivity contribution in [2.24, 2.45) is 0 Å². The highest BCUT2D eigenvalue weighted by Gasteiger charge is 2.43. The quantitative estimate of drug-likeness (QED) is 0.457. The number of amides is 1. The summed E-state index contributed by atoms with van der Waals surface area (Å²) in [4.78, 5) is 29.1. The smallest absolute Gasteiger partial charge is 0.264 e. The van der Waals surface area contributed by atoms with Gasteiger partial charge in [-0.2, -0.15) is 0 Å². The molecular formula is C21H23N3O5S. The maximum atomic E-state index is 12.9. The second-order valence-corrected chi connectivity index (χ2v) is 9.98. The molecule has 0 saturated heterocycles. The van der Waals surface area contributed by atoms with E-state index >= 15 is 0 Å². The van der Waals surface area contributed by atoms with Gasteiger partial charge in [0.15, 0.2) is 14.6 Å². The Morgan fingerprint density at radius 2 is 1.80 bits per heavy atom. The molecule has 2 N–H and O–H groups in total. The molecular weight excluding hydrogens is 406 g/mol. The third-order valence-electron chi connectivity index (χ3n) is 5.44. The zero-order valence-electron chi connectivity index (χ0n) is 16.9. The van der Waals surface area contributed by atoms with Gasteiger partial charge in [-0.05, 0) is 43.5 Å². The molecule has 0 aliphatic rings. The number of carbonyl (C=O) groups is 1. The number of sulfone groups is 1. The summed E-state index contributed by atoms with van der Waals surface area (Å²) in [5.74, 6) is -1.05. The molecule has 1 aromatic heterocycles. The van der Waals surface area contributed by atoms with Crippen LogP contribution in [0.4, 0.5) is 0 Å². The molecule has 8 nitrogen and oxygen atoms in total. The first-order chi connectivity index (χ1) is 14.1. The Balaban J connectivity index is 1.94. The van der Waals surface area contributed by atoms with Crippen molar-refractivity contribution in [1.29, 1.82) is 0 Å². The molecule has 1 amide bonds. The normalized spacial score (nSPS) is 13.7. The van der Waals surface area contributed by atoms with Crippen LogP contribution in [-0.2, 0) is 21.2 Å². The first-order valence-corrected chi connectivity index (χ1v) is 11.2. The number of hydrogen-bond acceptors (Lipinski definition) is 6. The van der Waals surface area contributed by atoms with Crippen molar-refractivity contribution in [2.75, 3.05) is 6.26 Å². The van der Waals surface area contributed by atoms with Gasteiger partial charge >= 0.3 is 0 Å². The summed E-state index contributed by atoms with van der Waals surface area (Å²) in [7, 11) is -3.85. The number of aryl methyl sites for hydroxylation is 2. The largest absolute Gasteiger partial charge is 0.299 e. The van der Waals surface area contributed by atoms with E-state index < -0.39 is 20.5 Å². The van der Waals surface area contributed by atoms with Crippen LogP contribution in [0.25, 0.3) is 22.0 Å². The highest BCUT2D eigenvalue weighted by atomic mass is 32.2. The van der Waals surface area contributed by atoms with Crippen LogP contribution in [0, 0.1) is 6.92 Å². The topological polar surface area (TPSA) is 118 Å². The van der Waals surface area contributed by atoms with E-state index in [1.807, 2.05) is 43.3 Å². The Kier molecular flexibility index (Phi) is 5.78. The van der Waals surface area contributed by atoms with Gasteiger partial charge < -0.3 is 0 Å². The number of aromatic nitrogens is 2. The molecule has 2 aromatic carbocycles. The van der Waals surface area contributed by atoms with Crippen LogP contribution < -0.4 is 11.0 Å². The summed E-state index contributed by atoms with van der Waals surface area (Å²) < 4.78 is 23.6. The van der Waals surface area contributed by atoms with Gasteiger partial charge in [0, 0.05) is 12.8 Å². The Labute approximate surface area is 174 Å². The number of nitrogens with one attached hydrogen (secondary N) is 1. The molecule has 0 aliphatic heterocycles. The second-order valence-electron chi connectivity index (χ2n) is 7.54. The van der Waals surface area contributed by atoms with Crippen molar-refractivity contribution in [3.63, 3.8) is 0 Å². The van der Waals surface area contributed by atoms with E-state index in [9.17, 15) is 18.0 Å². The van der Waals surface area contributed by atoms with Crippen molar-refractivity contribution >= 4 is 26.6 Å². The third-order valence-corrected chi connectivity index (χ3v) is 7.47. The Morgan fingerprint density at radius 3 is 2.40 bits per heavy atom. The fraction of sp³-hybridized carbons (Fsp3) is 0.286. The summed E-state index contributed by atoms with van der Waals surface area (Å²) in [6, 6.07) is 13.3. The zero-order valence-corrected chi connectivity index (χ0v) is 17.7. The predicted molar refractivity (Wildman–Crippen MR) is 114 cm³/mol. The van der Waals surface area contributed by atoms with E-state index in [-0.39, 0.29) is 18.5 Å². The van der Waals surface area contributed by atoms with Gasteiger partial charge in [0.25, 0.3) is 11.5 Å². The van der Waals surface area contributed by atoms with Gasteiger partial charge in [-0.3, -0.25) is 19.4 Å². The standard InChI is InChI=1S/C21H23N3O5S/c1-14-4-6-15(7-5-14)16-8-9-17-18(12-16)22-13-24(19(17)25)11-10-21(2,20(26)23-27)30(3,28)29/h4-9,12-13,27H,10-11H2,1-3H3,(H,23,26). The molecule has 1 heterocycles. The molecule has 0 fully saturated rings. The minimum atomic E-state index is -3.85. The average molecular weight is 429 g/mol. The lowest BCUT2D eigenvalue weighted by Gasteiger charge is -2.25. The molecule has 9 heteroatoms. The summed E-state index contributed by atoms with van der Waals surface area (Å²) >= 11 is 0. The van der Waals surface area contributed by atoms with Gasteiger partial charge in [0.1, 0.15) is 0 Å². The lowest BCUT2D eigenvalue weighted by molar-refractivity contribution is -0.131. The molecule has 0 saturated carbocycles. The Hall–Kier alpha value is -3.04. The average Bonchev–Trinajstić information content (AvgIpc) is 2.72. The summed E-state index contributed by atoms with van der Waals surface area (Å²) in [5, 5.41) is 9.31. The summed E-state index contributed by atoms with van der Waals surface area (Å²) in [5.41, 5.74) is 4.66. The highest BCUT2D eigenvalue weighted by molar-refractivity contribution is 7.92. The van der Waals surface area contributed by atoms with Gasteiger partial charge in [-0.15, -0.1) is 0 Å². The van der Waals surface area contributed by atoms with Crippen LogP contribution in [0.15, 0.2) is 53.6 Å². The van der Waals surface area contributed by atoms with E-state index in [1.165, 1.54) is 23.3 Å². The van der Waals surface area contributed by atoms with E-state index in [0.717, 1.165) is 22.9 Å². The van der Waals surface area contributed by atoms with Crippen molar-refractivity contribution in [1.82, 2.24) is 15.0 Å². The van der Waals surface area contributed by atoms with Crippen molar-refractivity contribution in [3.8, 4) is 11.1 Å². The summed E-state index contributed by atoms with van der Waals surface area (Å²) in [6.07, 6.45) is 2.05. The molecule has 1 unspecified atom stereocenters. The number of rotatable bonds is 6.